The van der Waals surface area contributed by atoms with E-state index in [1.807, 2.05) is 6.07 Å². The number of thioether (sulfide) groups is 1. The summed E-state index contributed by atoms with van der Waals surface area (Å²) in [6.45, 7) is 0. The van der Waals surface area contributed by atoms with Crippen molar-refractivity contribution in [2.24, 2.45) is 0 Å². The van der Waals surface area contributed by atoms with Gasteiger partial charge in [0.05, 0.1) is 6.20 Å². The molecule has 0 spiro atoms. The lowest BCUT2D eigenvalue weighted by molar-refractivity contribution is -0.166. The van der Waals surface area contributed by atoms with Crippen molar-refractivity contribution >= 4 is 36.6 Å². The molecule has 0 saturated heterocycles. The number of nitrogens with one attached hydrogen (secondary N) is 1. The number of hydrogen-bond acceptors (Lipinski definition) is 6. The van der Waals surface area contributed by atoms with E-state index in [4.69, 9.17) is 5.26 Å². The molecule has 1 atom stereocenters. The third kappa shape index (κ3) is 2.25. The molecule has 1 aliphatic rings. The van der Waals surface area contributed by atoms with Crippen LogP contribution in [0.2, 0.25) is 0 Å². The van der Waals surface area contributed by atoms with Crippen LogP contribution in [0.25, 0.3) is 16.7 Å². The van der Waals surface area contributed by atoms with Gasteiger partial charge in [0, 0.05) is 16.4 Å². The summed E-state index contributed by atoms with van der Waals surface area (Å²) >= 11 is 1.09. The van der Waals surface area contributed by atoms with Gasteiger partial charge >= 0.3 is 8.18 Å². The van der Waals surface area contributed by atoms with Crippen molar-refractivity contribution < 1.29 is 19.0 Å². The molecule has 2 aromatic rings. The molecule has 3 rings (SSSR count). The molecule has 9 heteroatoms. The van der Waals surface area contributed by atoms with Gasteiger partial charge in [0.15, 0.2) is 11.6 Å². The van der Waals surface area contributed by atoms with Crippen molar-refractivity contribution in [1.29, 1.82) is 5.26 Å². The number of aliphatic hydroxyl groups excluding tert-OH is 1. The summed E-state index contributed by atoms with van der Waals surface area (Å²) in [5, 5.41) is 23.9. The highest BCUT2D eigenvalue weighted by molar-refractivity contribution is 8.06. The van der Waals surface area contributed by atoms with Crippen molar-refractivity contribution in [3.63, 3.8) is 0 Å². The van der Waals surface area contributed by atoms with Crippen LogP contribution in [-0.4, -0.2) is 9.44 Å². The largest absolute Gasteiger partial charge is 0.573 e. The lowest BCUT2D eigenvalue weighted by Crippen LogP contribution is -2.05. The fourth-order valence-electron chi connectivity index (χ4n) is 2.13. The molecule has 1 aliphatic heterocycles. The summed E-state index contributed by atoms with van der Waals surface area (Å²) < 4.78 is 26.0. The van der Waals surface area contributed by atoms with Gasteiger partial charge in [0.25, 0.3) is 0 Å². The van der Waals surface area contributed by atoms with Crippen LogP contribution in [0, 0.1) is 17.1 Å². The van der Waals surface area contributed by atoms with E-state index in [-0.39, 0.29) is 33.0 Å². The quantitative estimate of drug-likeness (QED) is 0.646. The average molecular weight is 335 g/mol. The van der Waals surface area contributed by atoms with E-state index in [0.717, 1.165) is 28.4 Å². The first-order valence-corrected chi connectivity index (χ1v) is 7.95. The van der Waals surface area contributed by atoms with Crippen LogP contribution in [0.1, 0.15) is 5.56 Å². The van der Waals surface area contributed by atoms with E-state index >= 15 is 0 Å². The summed E-state index contributed by atoms with van der Waals surface area (Å²) in [5.74, 6) is -0.957. The first kappa shape index (κ1) is 14.6. The highest BCUT2D eigenvalue weighted by atomic mass is 32.2. The molecule has 0 aliphatic carbocycles. The van der Waals surface area contributed by atoms with E-state index in [1.54, 1.807) is 0 Å². The molecule has 0 bridgehead atoms. The Kier molecular flexibility index (Phi) is 3.62. The van der Waals surface area contributed by atoms with Crippen molar-refractivity contribution in [2.45, 2.75) is 0 Å². The number of fused-ring (bicyclic) bond motifs is 1. The summed E-state index contributed by atoms with van der Waals surface area (Å²) in [6.07, 6.45) is 1.15. The Labute approximate surface area is 129 Å². The van der Waals surface area contributed by atoms with Gasteiger partial charge in [0.1, 0.15) is 22.3 Å². The van der Waals surface area contributed by atoms with Crippen LogP contribution in [0.3, 0.4) is 0 Å². The Balaban J connectivity index is 2.21. The van der Waals surface area contributed by atoms with Crippen molar-refractivity contribution in [2.75, 3.05) is 0 Å². The molecule has 0 amide bonds. The molecule has 2 heterocycles. The molecule has 0 saturated carbocycles. The highest BCUT2D eigenvalue weighted by Gasteiger charge is 2.24. The Morgan fingerprint density at radius 1 is 1.55 bits per heavy atom. The number of halogens is 1. The SMILES string of the molecule is N#CC1=CSC(=C(O)c2cn([P+](=O)[O-])c3c(F)cccc23)N1. The minimum Gasteiger partial charge on any atom is -0.573 e. The van der Waals surface area contributed by atoms with Gasteiger partial charge in [-0.2, -0.15) is 5.26 Å². The monoisotopic (exact) mass is 335 g/mol. The molecular formula is C13H7FN3O3PS. The van der Waals surface area contributed by atoms with E-state index in [1.165, 1.54) is 17.5 Å². The van der Waals surface area contributed by atoms with Crippen LogP contribution in [0.5, 0.6) is 0 Å². The maximum atomic E-state index is 13.9. The summed E-state index contributed by atoms with van der Waals surface area (Å²) in [4.78, 5) is 11.3. The third-order valence-corrected chi connectivity index (χ3v) is 4.62. The van der Waals surface area contributed by atoms with Crippen LogP contribution >= 0.6 is 19.9 Å². The Morgan fingerprint density at radius 3 is 2.95 bits per heavy atom. The normalized spacial score (nSPS) is 17.0. The van der Waals surface area contributed by atoms with Gasteiger partial charge in [-0.3, -0.25) is 0 Å². The van der Waals surface area contributed by atoms with Crippen molar-refractivity contribution in [3.8, 4) is 6.07 Å². The average Bonchev–Trinajstić information content (AvgIpc) is 3.12. The summed E-state index contributed by atoms with van der Waals surface area (Å²) in [5.41, 5.74) is 0.296. The number of nitriles is 1. The first-order valence-electron chi connectivity index (χ1n) is 5.94. The lowest BCUT2D eigenvalue weighted by Gasteiger charge is -2.03. The zero-order chi connectivity index (χ0) is 15.9. The smallest absolute Gasteiger partial charge is 0.444 e. The predicted molar refractivity (Wildman–Crippen MR) is 78.9 cm³/mol. The van der Waals surface area contributed by atoms with Gasteiger partial charge in [0.2, 0.25) is 0 Å². The van der Waals surface area contributed by atoms with Gasteiger partial charge in [-0.1, -0.05) is 23.9 Å². The summed E-state index contributed by atoms with van der Waals surface area (Å²) in [7, 11) is -3.09. The van der Waals surface area contributed by atoms with Crippen LogP contribution in [0.15, 0.2) is 40.5 Å². The maximum Gasteiger partial charge on any atom is 0.444 e. The Morgan fingerprint density at radius 2 is 2.32 bits per heavy atom. The maximum absolute atomic E-state index is 13.9. The number of rotatable bonds is 2. The molecule has 6 nitrogen and oxygen atoms in total. The van der Waals surface area contributed by atoms with E-state index in [0.29, 0.717) is 0 Å². The zero-order valence-electron chi connectivity index (χ0n) is 10.8. The first-order chi connectivity index (χ1) is 10.5. The molecule has 0 fully saturated rings. The molecular weight excluding hydrogens is 328 g/mol. The topological polar surface area (TPSA) is 101 Å². The molecule has 110 valence electrons. The second-order valence-corrected chi connectivity index (χ2v) is 6.11. The van der Waals surface area contributed by atoms with Crippen molar-refractivity contribution in [3.05, 3.63) is 51.9 Å². The van der Waals surface area contributed by atoms with Crippen LogP contribution in [0.4, 0.5) is 4.39 Å². The fourth-order valence-corrected chi connectivity index (χ4v) is 3.44. The Hall–Kier alpha value is -2.33. The van der Waals surface area contributed by atoms with E-state index < -0.39 is 14.0 Å². The second kappa shape index (κ2) is 5.46. The van der Waals surface area contributed by atoms with Gasteiger partial charge < -0.3 is 15.3 Å². The molecule has 1 unspecified atom stereocenters. The van der Waals surface area contributed by atoms with Crippen LogP contribution in [-0.2, 0) is 4.57 Å². The number of para-hydroxylation sites is 1. The van der Waals surface area contributed by atoms with Gasteiger partial charge in [-0.05, 0) is 10.6 Å². The number of hydrogen-bond donors (Lipinski definition) is 2. The molecule has 1 aromatic heterocycles. The number of aromatic nitrogens is 1. The second-order valence-electron chi connectivity index (χ2n) is 4.33. The highest BCUT2D eigenvalue weighted by Crippen LogP contribution is 2.37. The summed E-state index contributed by atoms with van der Waals surface area (Å²) in [6, 6.07) is 5.97. The van der Waals surface area contributed by atoms with Gasteiger partial charge in [-0.25, -0.2) is 4.39 Å². The van der Waals surface area contributed by atoms with Crippen LogP contribution < -0.4 is 10.2 Å². The zero-order valence-corrected chi connectivity index (χ0v) is 12.5. The molecule has 1 aromatic carbocycles. The Bertz CT molecular complexity index is 913. The number of nitrogens with zero attached hydrogens (tertiary/aromatic N) is 2. The fraction of sp³-hybridized carbons (Fsp3) is 0. The molecule has 2 N–H and O–H groups in total. The minimum atomic E-state index is -3.09. The van der Waals surface area contributed by atoms with E-state index in [2.05, 4.69) is 5.32 Å². The van der Waals surface area contributed by atoms with Gasteiger partial charge in [-0.15, -0.1) is 4.34 Å². The number of allylic oxidation sites excluding steroid dienone is 1. The molecule has 0 radical (unpaired) electrons. The lowest BCUT2D eigenvalue weighted by atomic mass is 10.1. The standard InChI is InChI=1S/C13H7FN3O3PS/c14-10-3-1-2-8-9(5-17(11(8)10)21(19)20)12(18)13-16-7(4-15)6-22-13/h1-3,5-6,16,18H. The number of aliphatic hydroxyl groups is 1. The molecule has 22 heavy (non-hydrogen) atoms. The number of benzene rings is 1. The third-order valence-electron chi connectivity index (χ3n) is 3.07. The minimum absolute atomic E-state index is 0.128. The predicted octanol–water partition coefficient (Wildman–Crippen LogP) is 2.53. The van der Waals surface area contributed by atoms with Crippen molar-refractivity contribution in [1.82, 2.24) is 9.65 Å². The van der Waals surface area contributed by atoms with E-state index in [9.17, 15) is 19.0 Å².